The van der Waals surface area contributed by atoms with Gasteiger partial charge in [0, 0.05) is 31.2 Å². The molecule has 12 nitrogen and oxygen atoms in total. The van der Waals surface area contributed by atoms with E-state index in [0.29, 0.717) is 44.6 Å². The number of carbonyl (C=O) groups excluding carboxylic acids is 2. The number of amides is 2. The van der Waals surface area contributed by atoms with Gasteiger partial charge in [0.25, 0.3) is 0 Å². The number of likely N-dealkylation sites (tertiary alicyclic amines) is 1. The number of hydrogen-bond donors (Lipinski definition) is 0. The highest BCUT2D eigenvalue weighted by Gasteiger charge is 2.38. The third kappa shape index (κ3) is 7.46. The zero-order valence-corrected chi connectivity index (χ0v) is 25.5. The van der Waals surface area contributed by atoms with E-state index in [2.05, 4.69) is 21.7 Å². The summed E-state index contributed by atoms with van der Waals surface area (Å²) in [4.78, 5) is 46.9. The van der Waals surface area contributed by atoms with Crippen molar-refractivity contribution in [3.63, 3.8) is 0 Å². The first kappa shape index (κ1) is 30.4. The number of ether oxygens (including phenoxy) is 3. The van der Waals surface area contributed by atoms with Crippen LogP contribution in [0.5, 0.6) is 6.01 Å². The van der Waals surface area contributed by atoms with Crippen LogP contribution in [0.1, 0.15) is 50.4 Å². The predicted molar refractivity (Wildman–Crippen MR) is 159 cm³/mol. The van der Waals surface area contributed by atoms with Crippen molar-refractivity contribution in [2.75, 3.05) is 51.3 Å². The number of likely N-dealkylation sites (N-methyl/N-ethyl adjacent to an activating group) is 1. The van der Waals surface area contributed by atoms with Gasteiger partial charge in [-0.1, -0.05) is 30.3 Å². The van der Waals surface area contributed by atoms with E-state index in [1.54, 1.807) is 9.80 Å². The van der Waals surface area contributed by atoms with Gasteiger partial charge in [0.1, 0.15) is 30.7 Å². The van der Waals surface area contributed by atoms with Crippen molar-refractivity contribution in [3.05, 3.63) is 58.6 Å². The van der Waals surface area contributed by atoms with Crippen LogP contribution in [0.25, 0.3) is 4.85 Å². The molecular formula is C31H41N7O5. The van der Waals surface area contributed by atoms with E-state index >= 15 is 0 Å². The van der Waals surface area contributed by atoms with Crippen LogP contribution in [0.2, 0.25) is 0 Å². The molecule has 12 heteroatoms. The fourth-order valence-corrected chi connectivity index (χ4v) is 5.71. The minimum absolute atomic E-state index is 0.131. The Morgan fingerprint density at radius 2 is 1.84 bits per heavy atom. The van der Waals surface area contributed by atoms with Gasteiger partial charge in [-0.3, -0.25) is 9.80 Å². The van der Waals surface area contributed by atoms with E-state index < -0.39 is 17.8 Å². The number of aromatic nitrogens is 2. The van der Waals surface area contributed by atoms with Crippen molar-refractivity contribution in [3.8, 4) is 6.01 Å². The average Bonchev–Trinajstić information content (AvgIpc) is 3.60. The second kappa shape index (κ2) is 13.0. The third-order valence-electron chi connectivity index (χ3n) is 7.99. The third-order valence-corrected chi connectivity index (χ3v) is 7.99. The van der Waals surface area contributed by atoms with Crippen molar-refractivity contribution in [1.82, 2.24) is 24.7 Å². The van der Waals surface area contributed by atoms with Crippen molar-refractivity contribution >= 4 is 18.0 Å². The first-order chi connectivity index (χ1) is 20.6. The van der Waals surface area contributed by atoms with E-state index in [1.807, 2.05) is 51.1 Å². The molecule has 0 spiro atoms. The molecule has 4 heterocycles. The minimum atomic E-state index is -0.625. The molecule has 0 saturated carbocycles. The van der Waals surface area contributed by atoms with Gasteiger partial charge in [-0.25, -0.2) is 16.2 Å². The predicted octanol–water partition coefficient (Wildman–Crippen LogP) is 3.95. The summed E-state index contributed by atoms with van der Waals surface area (Å²) in [6.07, 6.45) is 1.34. The van der Waals surface area contributed by atoms with Crippen LogP contribution >= 0.6 is 0 Å². The first-order valence-electron chi connectivity index (χ1n) is 14.9. The number of carbonyl (C=O) groups is 2. The monoisotopic (exact) mass is 591 g/mol. The summed E-state index contributed by atoms with van der Waals surface area (Å²) in [6.45, 7) is 16.7. The van der Waals surface area contributed by atoms with E-state index in [4.69, 9.17) is 30.8 Å². The molecule has 2 amide bonds. The molecule has 230 valence electrons. The Morgan fingerprint density at radius 3 is 2.53 bits per heavy atom. The minimum Gasteiger partial charge on any atom is -0.462 e. The molecule has 3 aliphatic rings. The molecule has 1 aromatic carbocycles. The van der Waals surface area contributed by atoms with Gasteiger partial charge in [0.15, 0.2) is 0 Å². The SMILES string of the molecule is [C-]#[N+]CC1CN(c2nc(OCC3CCCN3C)nc3c2CN(C(=O)OC(C)(C)C)C3)CCN1C(=O)OCc1ccccc1. The van der Waals surface area contributed by atoms with Gasteiger partial charge in [0.2, 0.25) is 6.54 Å². The molecule has 0 radical (unpaired) electrons. The van der Waals surface area contributed by atoms with Crippen molar-refractivity contribution in [2.24, 2.45) is 0 Å². The Bertz CT molecular complexity index is 1340. The molecule has 2 atom stereocenters. The van der Waals surface area contributed by atoms with Crippen LogP contribution in [0.15, 0.2) is 30.3 Å². The maximum absolute atomic E-state index is 13.1. The summed E-state index contributed by atoms with van der Waals surface area (Å²) in [5, 5.41) is 0. The number of fused-ring (bicyclic) bond motifs is 1. The van der Waals surface area contributed by atoms with Gasteiger partial charge in [0.05, 0.1) is 18.8 Å². The maximum Gasteiger partial charge on any atom is 0.410 e. The van der Waals surface area contributed by atoms with E-state index in [-0.39, 0.29) is 31.7 Å². The van der Waals surface area contributed by atoms with Gasteiger partial charge < -0.3 is 28.9 Å². The molecule has 3 aliphatic heterocycles. The lowest BCUT2D eigenvalue weighted by atomic mass is 10.1. The normalized spacial score (nSPS) is 20.5. The first-order valence-corrected chi connectivity index (χ1v) is 14.9. The summed E-state index contributed by atoms with van der Waals surface area (Å²) in [6, 6.07) is 9.70. The summed E-state index contributed by atoms with van der Waals surface area (Å²) in [7, 11) is 2.09. The van der Waals surface area contributed by atoms with Gasteiger partial charge in [-0.2, -0.15) is 9.97 Å². The Balaban J connectivity index is 1.35. The molecule has 2 aromatic rings. The van der Waals surface area contributed by atoms with Crippen LogP contribution in [-0.4, -0.2) is 101 Å². The summed E-state index contributed by atoms with van der Waals surface area (Å²) < 4.78 is 17.4. The van der Waals surface area contributed by atoms with Crippen molar-refractivity contribution in [1.29, 1.82) is 0 Å². The summed E-state index contributed by atoms with van der Waals surface area (Å²) in [5.41, 5.74) is 1.83. The fourth-order valence-electron chi connectivity index (χ4n) is 5.71. The highest BCUT2D eigenvalue weighted by molar-refractivity contribution is 5.71. The summed E-state index contributed by atoms with van der Waals surface area (Å²) in [5.74, 6) is 0.665. The molecule has 0 bridgehead atoms. The highest BCUT2D eigenvalue weighted by Crippen LogP contribution is 2.33. The Labute approximate surface area is 253 Å². The molecule has 5 rings (SSSR count). The number of anilines is 1. The highest BCUT2D eigenvalue weighted by atomic mass is 16.6. The molecule has 1 aromatic heterocycles. The second-order valence-electron chi connectivity index (χ2n) is 12.4. The van der Waals surface area contributed by atoms with Crippen LogP contribution < -0.4 is 9.64 Å². The van der Waals surface area contributed by atoms with Crippen LogP contribution in [0.4, 0.5) is 15.4 Å². The molecule has 43 heavy (non-hydrogen) atoms. The lowest BCUT2D eigenvalue weighted by Gasteiger charge is -2.39. The lowest BCUT2D eigenvalue weighted by molar-refractivity contribution is 0.0240. The molecule has 2 saturated heterocycles. The smallest absolute Gasteiger partial charge is 0.410 e. The largest absolute Gasteiger partial charge is 0.462 e. The second-order valence-corrected chi connectivity index (χ2v) is 12.4. The number of benzene rings is 1. The van der Waals surface area contributed by atoms with Crippen LogP contribution in [-0.2, 0) is 29.2 Å². The molecule has 0 N–H and O–H groups in total. The zero-order valence-electron chi connectivity index (χ0n) is 25.5. The molecule has 2 fully saturated rings. The van der Waals surface area contributed by atoms with Gasteiger partial charge in [-0.05, 0) is 52.8 Å². The van der Waals surface area contributed by atoms with Crippen LogP contribution in [0, 0.1) is 6.57 Å². The van der Waals surface area contributed by atoms with Gasteiger partial charge in [-0.15, -0.1) is 0 Å². The molecule has 2 unspecified atom stereocenters. The van der Waals surface area contributed by atoms with E-state index in [0.717, 1.165) is 36.2 Å². The standard InChI is InChI=1S/C31H41N7O5/c1-31(2,3)43-29(39)37-18-25-26(19-37)33-28(41-21-23-12-9-13-35(23)5)34-27(25)36-14-15-38(24(17-36)16-32-4)30(40)42-20-22-10-7-6-8-11-22/h6-8,10-11,23-24H,9,12-21H2,1-3,5H3. The maximum atomic E-state index is 13.1. The Kier molecular flexibility index (Phi) is 9.20. The topological polar surface area (TPSA) is 105 Å². The Morgan fingerprint density at radius 1 is 1.05 bits per heavy atom. The zero-order chi connectivity index (χ0) is 30.6. The van der Waals surface area contributed by atoms with Crippen molar-refractivity contribution in [2.45, 2.75) is 71.0 Å². The Hall–Kier alpha value is -4.11. The molecular weight excluding hydrogens is 550 g/mol. The average molecular weight is 592 g/mol. The quantitative estimate of drug-likeness (QED) is 0.443. The number of nitrogens with zero attached hydrogens (tertiary/aromatic N) is 7. The van der Waals surface area contributed by atoms with Gasteiger partial charge >= 0.3 is 18.2 Å². The van der Waals surface area contributed by atoms with Crippen molar-refractivity contribution < 1.29 is 23.8 Å². The number of hydrogen-bond acceptors (Lipinski definition) is 9. The molecule has 0 aliphatic carbocycles. The summed E-state index contributed by atoms with van der Waals surface area (Å²) >= 11 is 0. The number of piperazine rings is 1. The van der Waals surface area contributed by atoms with E-state index in [9.17, 15) is 9.59 Å². The van der Waals surface area contributed by atoms with E-state index in [1.165, 1.54) is 0 Å². The van der Waals surface area contributed by atoms with Crippen LogP contribution in [0.3, 0.4) is 0 Å². The lowest BCUT2D eigenvalue weighted by Crippen LogP contribution is -2.56. The number of rotatable bonds is 7. The fraction of sp³-hybridized carbons (Fsp3) is 0.581.